The Morgan fingerprint density at radius 2 is 1.93 bits per heavy atom. The molecule has 152 valence electrons. The van der Waals surface area contributed by atoms with Crippen LogP contribution in [0.4, 0.5) is 0 Å². The number of carbonyl (C=O) groups excluding carboxylic acids is 2. The maximum Gasteiger partial charge on any atom is 0.269 e. The number of carbonyl (C=O) groups is 2. The van der Waals surface area contributed by atoms with E-state index in [0.717, 1.165) is 4.31 Å². The molecule has 0 spiro atoms. The smallest absolute Gasteiger partial charge is 0.269 e. The molecule has 0 bridgehead atoms. The maximum absolute atomic E-state index is 12.6. The summed E-state index contributed by atoms with van der Waals surface area (Å²) in [6, 6.07) is 4.07. The van der Waals surface area contributed by atoms with Gasteiger partial charge in [0.2, 0.25) is 0 Å². The van der Waals surface area contributed by atoms with Crippen LogP contribution in [0, 0.1) is 0 Å². The molecule has 10 heteroatoms. The molecule has 0 aliphatic carbocycles. The Morgan fingerprint density at radius 3 is 2.44 bits per heavy atom. The van der Waals surface area contributed by atoms with Gasteiger partial charge in [-0.25, -0.2) is 12.7 Å². The maximum atomic E-state index is 12.6. The Morgan fingerprint density at radius 1 is 1.30 bits per heavy atom. The molecule has 1 aromatic rings. The van der Waals surface area contributed by atoms with Gasteiger partial charge in [0.15, 0.2) is 0 Å². The van der Waals surface area contributed by atoms with Gasteiger partial charge in [-0.15, -0.1) is 12.4 Å². The van der Waals surface area contributed by atoms with Gasteiger partial charge in [0, 0.05) is 19.2 Å². The molecule has 27 heavy (non-hydrogen) atoms. The fraction of sp³-hybridized carbons (Fsp3) is 0.529. The third-order valence-corrected chi connectivity index (χ3v) is 6.71. The van der Waals surface area contributed by atoms with Gasteiger partial charge in [-0.1, -0.05) is 13.8 Å². The third-order valence-electron chi connectivity index (χ3n) is 4.89. The Balaban J connectivity index is 0.00000364. The van der Waals surface area contributed by atoms with E-state index in [2.05, 4.69) is 5.32 Å². The highest BCUT2D eigenvalue weighted by Gasteiger charge is 2.41. The summed E-state index contributed by atoms with van der Waals surface area (Å²) in [5.41, 5.74) is 5.49. The van der Waals surface area contributed by atoms with Crippen LogP contribution in [0.15, 0.2) is 23.1 Å². The van der Waals surface area contributed by atoms with Crippen molar-refractivity contribution in [3.63, 3.8) is 0 Å². The first kappa shape index (κ1) is 23.4. The quantitative estimate of drug-likeness (QED) is 0.652. The van der Waals surface area contributed by atoms with Crippen LogP contribution in [-0.2, 0) is 14.8 Å². The zero-order valence-electron chi connectivity index (χ0n) is 15.6. The molecule has 0 atom stereocenters. The molecule has 2 amide bonds. The molecule has 0 unspecified atom stereocenters. The number of hydrogen-bond acceptors (Lipinski definition) is 6. The molecule has 0 radical (unpaired) electrons. The summed E-state index contributed by atoms with van der Waals surface area (Å²) < 4.78 is 30.9. The number of nitrogens with two attached hydrogens (primary N) is 1. The van der Waals surface area contributed by atoms with Gasteiger partial charge in [-0.3, -0.25) is 9.59 Å². The van der Waals surface area contributed by atoms with Gasteiger partial charge in [-0.05, 0) is 31.0 Å². The number of nitrogens with one attached hydrogen (secondary N) is 1. The van der Waals surface area contributed by atoms with E-state index in [9.17, 15) is 18.0 Å². The number of ether oxygens (including phenoxy) is 1. The van der Waals surface area contributed by atoms with Crippen molar-refractivity contribution in [2.45, 2.75) is 37.1 Å². The predicted molar refractivity (Wildman–Crippen MR) is 104 cm³/mol. The largest absolute Gasteiger partial charge is 0.383 e. The zero-order valence-corrected chi connectivity index (χ0v) is 17.3. The fourth-order valence-corrected chi connectivity index (χ4v) is 4.47. The third kappa shape index (κ3) is 4.26. The van der Waals surface area contributed by atoms with Gasteiger partial charge >= 0.3 is 0 Å². The molecule has 0 saturated carbocycles. The zero-order chi connectivity index (χ0) is 19.5. The van der Waals surface area contributed by atoms with Crippen LogP contribution < -0.4 is 11.1 Å². The van der Waals surface area contributed by atoms with Crippen LogP contribution in [0.3, 0.4) is 0 Å². The second-order valence-corrected chi connectivity index (χ2v) is 8.06. The van der Waals surface area contributed by atoms with Gasteiger partial charge in [0.25, 0.3) is 21.8 Å². The van der Waals surface area contributed by atoms with Crippen LogP contribution in [0.5, 0.6) is 0 Å². The number of halogens is 1. The van der Waals surface area contributed by atoms with E-state index in [1.54, 1.807) is 0 Å². The Kier molecular flexibility index (Phi) is 7.79. The van der Waals surface area contributed by atoms with Crippen molar-refractivity contribution in [2.75, 3.05) is 26.8 Å². The molecule has 1 aliphatic rings. The van der Waals surface area contributed by atoms with E-state index >= 15 is 0 Å². The van der Waals surface area contributed by atoms with Crippen molar-refractivity contribution in [3.05, 3.63) is 29.3 Å². The topological polar surface area (TPSA) is 119 Å². The standard InChI is InChI=1S/C17H25N3O5S.ClH/c1-4-17(5-2,11-18)19-15(21)12-6-7-13-14(10-12)26(23,24)20(16(13)22)8-9-25-3;/h6-7,10H,4-5,8-9,11,18H2,1-3H3,(H,19,21);1H. The van der Waals surface area contributed by atoms with Crippen LogP contribution in [0.25, 0.3) is 0 Å². The number of benzene rings is 1. The van der Waals surface area contributed by atoms with E-state index in [4.69, 9.17) is 10.5 Å². The molecule has 1 aromatic carbocycles. The molecular formula is C17H26ClN3O5S. The summed E-state index contributed by atoms with van der Waals surface area (Å²) in [4.78, 5) is 24.8. The van der Waals surface area contributed by atoms with E-state index in [-0.39, 0.29) is 48.1 Å². The number of nitrogens with zero attached hydrogens (tertiary/aromatic N) is 1. The SMILES string of the molecule is CCC(CC)(CN)NC(=O)c1ccc2c(c1)S(=O)(=O)N(CCOC)C2=O.Cl. The summed E-state index contributed by atoms with van der Waals surface area (Å²) in [6.45, 7) is 4.15. The van der Waals surface area contributed by atoms with Gasteiger partial charge in [0.1, 0.15) is 4.90 Å². The first-order valence-corrected chi connectivity index (χ1v) is 9.93. The van der Waals surface area contributed by atoms with E-state index in [0.29, 0.717) is 12.8 Å². The van der Waals surface area contributed by atoms with Crippen LogP contribution >= 0.6 is 12.4 Å². The number of sulfonamides is 1. The molecule has 8 nitrogen and oxygen atoms in total. The van der Waals surface area contributed by atoms with Crippen LogP contribution in [0.1, 0.15) is 47.4 Å². The second-order valence-electron chi connectivity index (χ2n) is 6.23. The minimum Gasteiger partial charge on any atom is -0.383 e. The van der Waals surface area contributed by atoms with Crippen molar-refractivity contribution >= 4 is 34.2 Å². The summed E-state index contributed by atoms with van der Waals surface area (Å²) in [5, 5.41) is 2.89. The van der Waals surface area contributed by atoms with E-state index < -0.39 is 27.4 Å². The van der Waals surface area contributed by atoms with Gasteiger partial charge in [-0.2, -0.15) is 0 Å². The van der Waals surface area contributed by atoms with Crippen molar-refractivity contribution in [2.24, 2.45) is 5.73 Å². The molecule has 0 saturated heterocycles. The number of hydrogen-bond donors (Lipinski definition) is 2. The Labute approximate surface area is 165 Å². The molecule has 1 heterocycles. The average Bonchev–Trinajstić information content (AvgIpc) is 2.83. The molecule has 0 fully saturated rings. The van der Waals surface area contributed by atoms with Crippen LogP contribution in [-0.4, -0.2) is 56.9 Å². The Bertz CT molecular complexity index is 801. The Hall–Kier alpha value is -1.68. The first-order chi connectivity index (χ1) is 12.3. The lowest BCUT2D eigenvalue weighted by atomic mass is 9.92. The van der Waals surface area contributed by atoms with Crippen molar-refractivity contribution in [1.29, 1.82) is 0 Å². The lowest BCUT2D eigenvalue weighted by Crippen LogP contribution is -2.52. The van der Waals surface area contributed by atoms with Crippen LogP contribution in [0.2, 0.25) is 0 Å². The lowest BCUT2D eigenvalue weighted by Gasteiger charge is -2.31. The molecule has 3 N–H and O–H groups in total. The highest BCUT2D eigenvalue weighted by Crippen LogP contribution is 2.31. The predicted octanol–water partition coefficient (Wildman–Crippen LogP) is 1.15. The van der Waals surface area contributed by atoms with Gasteiger partial charge < -0.3 is 15.8 Å². The van der Waals surface area contributed by atoms with Crippen molar-refractivity contribution in [3.8, 4) is 0 Å². The number of methoxy groups -OCH3 is 1. The minimum atomic E-state index is -3.99. The number of amides is 2. The summed E-state index contributed by atoms with van der Waals surface area (Å²) >= 11 is 0. The average molecular weight is 420 g/mol. The molecule has 1 aliphatic heterocycles. The number of fused-ring (bicyclic) bond motifs is 1. The molecule has 0 aromatic heterocycles. The fourth-order valence-electron chi connectivity index (χ4n) is 2.89. The molecule has 2 rings (SSSR count). The van der Waals surface area contributed by atoms with Gasteiger partial charge in [0.05, 0.1) is 24.3 Å². The van der Waals surface area contributed by atoms with Crippen molar-refractivity contribution < 1.29 is 22.7 Å². The van der Waals surface area contributed by atoms with Crippen molar-refractivity contribution in [1.82, 2.24) is 9.62 Å². The number of rotatable bonds is 8. The lowest BCUT2D eigenvalue weighted by molar-refractivity contribution is 0.0834. The summed E-state index contributed by atoms with van der Waals surface area (Å²) in [6.07, 6.45) is 1.30. The van der Waals surface area contributed by atoms with E-state index in [1.165, 1.54) is 25.3 Å². The first-order valence-electron chi connectivity index (χ1n) is 8.49. The minimum absolute atomic E-state index is 0. The summed E-state index contributed by atoms with van der Waals surface area (Å²) in [7, 11) is -2.56. The molecular weight excluding hydrogens is 394 g/mol. The monoisotopic (exact) mass is 419 g/mol. The normalized spacial score (nSPS) is 15.3. The highest BCUT2D eigenvalue weighted by atomic mass is 35.5. The summed E-state index contributed by atoms with van der Waals surface area (Å²) in [5.74, 6) is -1.03. The highest BCUT2D eigenvalue weighted by molar-refractivity contribution is 7.90. The van der Waals surface area contributed by atoms with E-state index in [1.807, 2.05) is 13.8 Å². The second kappa shape index (κ2) is 9.01.